The third-order valence-corrected chi connectivity index (χ3v) is 2.83. The highest BCUT2D eigenvalue weighted by Gasteiger charge is 2.08. The van der Waals surface area contributed by atoms with Crippen LogP contribution >= 0.6 is 0 Å². The Morgan fingerprint density at radius 1 is 1.35 bits per heavy atom. The molecule has 0 radical (unpaired) electrons. The van der Waals surface area contributed by atoms with Crippen LogP contribution in [-0.2, 0) is 0 Å². The summed E-state index contributed by atoms with van der Waals surface area (Å²) >= 11 is 0. The van der Waals surface area contributed by atoms with Crippen molar-refractivity contribution in [1.29, 1.82) is 0 Å². The number of allylic oxidation sites excluding steroid dienone is 1. The van der Waals surface area contributed by atoms with E-state index in [-0.39, 0.29) is 0 Å². The number of hydrogen-bond acceptors (Lipinski definition) is 3. The first-order chi connectivity index (χ1) is 8.27. The van der Waals surface area contributed by atoms with Crippen LogP contribution in [0.3, 0.4) is 0 Å². The first-order valence-electron chi connectivity index (χ1n) is 5.80. The fraction of sp³-hybridized carbons (Fsp3) is 0.286. The minimum atomic E-state index is 0.452. The number of benzene rings is 1. The number of dihydropyridines is 1. The molecular formula is C14H17N3. The Morgan fingerprint density at radius 2 is 2.12 bits per heavy atom. The predicted molar refractivity (Wildman–Crippen MR) is 73.9 cm³/mol. The van der Waals surface area contributed by atoms with Gasteiger partial charge in [0.2, 0.25) is 0 Å². The smallest absolute Gasteiger partial charge is 0.0590 e. The van der Waals surface area contributed by atoms with E-state index >= 15 is 0 Å². The summed E-state index contributed by atoms with van der Waals surface area (Å²) in [6.45, 7) is 3.02. The molecule has 0 amide bonds. The lowest BCUT2D eigenvalue weighted by molar-refractivity contribution is 0.717. The van der Waals surface area contributed by atoms with Crippen molar-refractivity contribution in [3.05, 3.63) is 42.0 Å². The van der Waals surface area contributed by atoms with Crippen molar-refractivity contribution < 1.29 is 0 Å². The van der Waals surface area contributed by atoms with Gasteiger partial charge in [-0.05, 0) is 23.8 Å². The quantitative estimate of drug-likeness (QED) is 0.576. The van der Waals surface area contributed by atoms with Gasteiger partial charge in [-0.15, -0.1) is 0 Å². The molecule has 0 N–H and O–H groups in total. The van der Waals surface area contributed by atoms with E-state index in [9.17, 15) is 0 Å². The van der Waals surface area contributed by atoms with Crippen LogP contribution in [0.15, 0.2) is 52.1 Å². The van der Waals surface area contributed by atoms with Gasteiger partial charge in [-0.1, -0.05) is 25.1 Å². The van der Waals surface area contributed by atoms with Crippen LogP contribution < -0.4 is 5.01 Å². The first kappa shape index (κ1) is 11.6. The zero-order valence-electron chi connectivity index (χ0n) is 10.2. The van der Waals surface area contributed by atoms with Gasteiger partial charge in [-0.25, -0.2) is 0 Å². The van der Waals surface area contributed by atoms with Crippen LogP contribution in [0.4, 0.5) is 5.69 Å². The summed E-state index contributed by atoms with van der Waals surface area (Å²) in [4.78, 5) is 4.22. The average Bonchev–Trinajstić information content (AvgIpc) is 2.38. The van der Waals surface area contributed by atoms with E-state index in [0.29, 0.717) is 5.92 Å². The summed E-state index contributed by atoms with van der Waals surface area (Å²) in [5.74, 6) is 0.452. The molecule has 1 aromatic carbocycles. The lowest BCUT2D eigenvalue weighted by atomic mass is 10.0. The Hall–Kier alpha value is -1.90. The molecule has 88 valence electrons. The molecule has 1 aliphatic rings. The van der Waals surface area contributed by atoms with E-state index in [1.165, 1.54) is 5.57 Å². The van der Waals surface area contributed by atoms with E-state index in [1.54, 1.807) is 0 Å². The Kier molecular flexibility index (Phi) is 3.70. The maximum absolute atomic E-state index is 4.45. The lowest BCUT2D eigenvalue weighted by Crippen LogP contribution is -2.13. The molecule has 0 aliphatic carbocycles. The van der Waals surface area contributed by atoms with Crippen LogP contribution in [0.25, 0.3) is 0 Å². The van der Waals surface area contributed by atoms with E-state index in [2.05, 4.69) is 17.0 Å². The fourth-order valence-electron chi connectivity index (χ4n) is 1.66. The Labute approximate surface area is 102 Å². The van der Waals surface area contributed by atoms with Crippen molar-refractivity contribution in [1.82, 2.24) is 0 Å². The second-order valence-corrected chi connectivity index (χ2v) is 4.19. The largest absolute Gasteiger partial charge is 0.293 e. The molecule has 1 atom stereocenters. The average molecular weight is 227 g/mol. The van der Waals surface area contributed by atoms with E-state index in [1.807, 2.05) is 60.9 Å². The summed E-state index contributed by atoms with van der Waals surface area (Å²) in [6.07, 6.45) is 5.79. The summed E-state index contributed by atoms with van der Waals surface area (Å²) < 4.78 is 0. The summed E-state index contributed by atoms with van der Waals surface area (Å²) in [7, 11) is 1.95. The molecular weight excluding hydrogens is 210 g/mol. The third kappa shape index (κ3) is 3.03. The number of nitrogens with zero attached hydrogens (tertiary/aromatic N) is 3. The van der Waals surface area contributed by atoms with Gasteiger partial charge in [0, 0.05) is 25.7 Å². The molecule has 1 aliphatic heterocycles. The molecule has 1 aromatic rings. The Balaban J connectivity index is 2.06. The highest BCUT2D eigenvalue weighted by molar-refractivity contribution is 5.88. The minimum absolute atomic E-state index is 0.452. The summed E-state index contributed by atoms with van der Waals surface area (Å²) in [5, 5.41) is 6.32. The van der Waals surface area contributed by atoms with E-state index in [0.717, 1.165) is 12.2 Å². The van der Waals surface area contributed by atoms with Gasteiger partial charge in [0.1, 0.15) is 0 Å². The van der Waals surface area contributed by atoms with Gasteiger partial charge in [-0.3, -0.25) is 10.0 Å². The molecule has 0 unspecified atom stereocenters. The molecule has 0 spiro atoms. The number of hydrogen-bond donors (Lipinski definition) is 0. The highest BCUT2D eigenvalue weighted by Crippen LogP contribution is 2.14. The molecule has 0 saturated heterocycles. The molecule has 1 heterocycles. The van der Waals surface area contributed by atoms with Crippen LogP contribution in [0.5, 0.6) is 0 Å². The molecule has 3 heteroatoms. The van der Waals surface area contributed by atoms with Crippen LogP contribution in [0.1, 0.15) is 6.92 Å². The summed E-state index contributed by atoms with van der Waals surface area (Å²) in [5.41, 5.74) is 2.31. The number of aliphatic imine (C=N–C) groups is 1. The Morgan fingerprint density at radius 3 is 2.82 bits per heavy atom. The predicted octanol–water partition coefficient (Wildman–Crippen LogP) is 2.76. The SMILES string of the molecule is C[C@@H]1CN=CC=C1/C=N/N(C)c1ccccc1. The van der Waals surface area contributed by atoms with E-state index < -0.39 is 0 Å². The van der Waals surface area contributed by atoms with Crippen molar-refractivity contribution in [3.63, 3.8) is 0 Å². The van der Waals surface area contributed by atoms with Gasteiger partial charge >= 0.3 is 0 Å². The van der Waals surface area contributed by atoms with Crippen molar-refractivity contribution >= 4 is 18.1 Å². The van der Waals surface area contributed by atoms with Crippen LogP contribution in [-0.4, -0.2) is 26.0 Å². The molecule has 0 aromatic heterocycles. The van der Waals surface area contributed by atoms with Gasteiger partial charge in [0.25, 0.3) is 0 Å². The molecule has 0 saturated carbocycles. The standard InChI is InChI=1S/C14H17N3/c1-12-10-15-9-8-13(12)11-16-17(2)14-6-4-3-5-7-14/h3-9,11-12H,10H2,1-2H3/b16-11+/t12-/m1/s1. The van der Waals surface area contributed by atoms with Crippen LogP contribution in [0.2, 0.25) is 0 Å². The number of para-hydroxylation sites is 1. The second-order valence-electron chi connectivity index (χ2n) is 4.19. The van der Waals surface area contributed by atoms with Crippen LogP contribution in [0, 0.1) is 5.92 Å². The maximum Gasteiger partial charge on any atom is 0.0590 e. The topological polar surface area (TPSA) is 28.0 Å². The maximum atomic E-state index is 4.45. The molecule has 2 rings (SSSR count). The zero-order valence-corrected chi connectivity index (χ0v) is 10.2. The monoisotopic (exact) mass is 227 g/mol. The van der Waals surface area contributed by atoms with E-state index in [4.69, 9.17) is 0 Å². The van der Waals surface area contributed by atoms with Crippen molar-refractivity contribution in [2.75, 3.05) is 18.6 Å². The van der Waals surface area contributed by atoms with Gasteiger partial charge in [-0.2, -0.15) is 5.10 Å². The third-order valence-electron chi connectivity index (χ3n) is 2.83. The minimum Gasteiger partial charge on any atom is -0.293 e. The molecule has 0 bridgehead atoms. The normalized spacial score (nSPS) is 19.4. The summed E-state index contributed by atoms with van der Waals surface area (Å²) in [6, 6.07) is 10.1. The first-order valence-corrected chi connectivity index (χ1v) is 5.80. The molecule has 0 fully saturated rings. The van der Waals surface area contributed by atoms with Crippen molar-refractivity contribution in [2.24, 2.45) is 16.0 Å². The van der Waals surface area contributed by atoms with Crippen molar-refractivity contribution in [3.8, 4) is 0 Å². The second kappa shape index (κ2) is 5.43. The Bertz CT molecular complexity index is 446. The molecule has 17 heavy (non-hydrogen) atoms. The zero-order chi connectivity index (χ0) is 12.1. The fourth-order valence-corrected chi connectivity index (χ4v) is 1.66. The number of rotatable bonds is 3. The highest BCUT2D eigenvalue weighted by atomic mass is 15.4. The lowest BCUT2D eigenvalue weighted by Gasteiger charge is -2.15. The van der Waals surface area contributed by atoms with Gasteiger partial charge in [0.05, 0.1) is 11.9 Å². The number of hydrazone groups is 1. The molecule has 3 nitrogen and oxygen atoms in total. The number of anilines is 1. The van der Waals surface area contributed by atoms with Crippen molar-refractivity contribution in [2.45, 2.75) is 6.92 Å². The van der Waals surface area contributed by atoms with Gasteiger partial charge in [0.15, 0.2) is 0 Å². The van der Waals surface area contributed by atoms with Gasteiger partial charge < -0.3 is 0 Å².